The summed E-state index contributed by atoms with van der Waals surface area (Å²) in [6.45, 7) is 5.67. The molecule has 1 aromatic carbocycles. The molecule has 2 aliphatic heterocycles. The molecule has 6 heteroatoms. The third kappa shape index (κ3) is 3.20. The predicted molar refractivity (Wildman–Crippen MR) is 102 cm³/mol. The van der Waals surface area contributed by atoms with Crippen molar-refractivity contribution < 1.29 is 4.79 Å². The van der Waals surface area contributed by atoms with Gasteiger partial charge in [-0.15, -0.1) is 10.2 Å². The molecule has 26 heavy (non-hydrogen) atoms. The molecule has 138 valence electrons. The SMILES string of the molecule is CCc1nnc(N2CCc3ccccc32)n1CCCN1CCCCC1=O. The molecule has 0 saturated carbocycles. The van der Waals surface area contributed by atoms with E-state index in [0.717, 1.165) is 70.1 Å². The van der Waals surface area contributed by atoms with E-state index >= 15 is 0 Å². The summed E-state index contributed by atoms with van der Waals surface area (Å²) in [6, 6.07) is 8.54. The molecule has 0 unspecified atom stereocenters. The fourth-order valence-corrected chi connectivity index (χ4v) is 4.08. The van der Waals surface area contributed by atoms with Gasteiger partial charge in [0.1, 0.15) is 5.82 Å². The largest absolute Gasteiger partial charge is 0.343 e. The molecule has 0 radical (unpaired) electrons. The van der Waals surface area contributed by atoms with Crippen LogP contribution in [-0.4, -0.2) is 45.2 Å². The number of aromatic nitrogens is 3. The highest BCUT2D eigenvalue weighted by Crippen LogP contribution is 2.33. The van der Waals surface area contributed by atoms with Gasteiger partial charge in [0, 0.05) is 44.7 Å². The number of piperidine rings is 1. The van der Waals surface area contributed by atoms with Gasteiger partial charge < -0.3 is 9.80 Å². The molecule has 0 bridgehead atoms. The molecule has 4 rings (SSSR count). The Morgan fingerprint density at radius 3 is 2.77 bits per heavy atom. The van der Waals surface area contributed by atoms with Crippen molar-refractivity contribution in [2.75, 3.05) is 24.5 Å². The van der Waals surface area contributed by atoms with Gasteiger partial charge in [-0.2, -0.15) is 0 Å². The Kier molecular flexibility index (Phi) is 4.91. The molecule has 0 spiro atoms. The highest BCUT2D eigenvalue weighted by molar-refractivity contribution is 5.76. The van der Waals surface area contributed by atoms with Gasteiger partial charge in [-0.05, 0) is 37.3 Å². The number of fused-ring (bicyclic) bond motifs is 1. The minimum Gasteiger partial charge on any atom is -0.343 e. The summed E-state index contributed by atoms with van der Waals surface area (Å²) in [4.78, 5) is 16.3. The van der Waals surface area contributed by atoms with Gasteiger partial charge in [-0.25, -0.2) is 0 Å². The third-order valence-corrected chi connectivity index (χ3v) is 5.48. The first kappa shape index (κ1) is 17.1. The first-order valence-electron chi connectivity index (χ1n) is 9.83. The Morgan fingerprint density at radius 2 is 1.92 bits per heavy atom. The van der Waals surface area contributed by atoms with Gasteiger partial charge in [0.05, 0.1) is 0 Å². The van der Waals surface area contributed by atoms with Gasteiger partial charge in [-0.1, -0.05) is 25.1 Å². The number of hydrogen-bond donors (Lipinski definition) is 0. The van der Waals surface area contributed by atoms with Gasteiger partial charge in [0.25, 0.3) is 0 Å². The third-order valence-electron chi connectivity index (χ3n) is 5.48. The van der Waals surface area contributed by atoms with Crippen LogP contribution in [0.25, 0.3) is 0 Å². The summed E-state index contributed by atoms with van der Waals surface area (Å²) < 4.78 is 2.25. The molecular formula is C20H27N5O. The Labute approximate surface area is 154 Å². The fourth-order valence-electron chi connectivity index (χ4n) is 4.08. The summed E-state index contributed by atoms with van der Waals surface area (Å²) in [5.41, 5.74) is 2.62. The second-order valence-electron chi connectivity index (χ2n) is 7.14. The van der Waals surface area contributed by atoms with Crippen LogP contribution in [0.3, 0.4) is 0 Å². The lowest BCUT2D eigenvalue weighted by atomic mass is 10.1. The average Bonchev–Trinajstić information content (AvgIpc) is 3.26. The highest BCUT2D eigenvalue weighted by Gasteiger charge is 2.25. The van der Waals surface area contributed by atoms with E-state index in [1.807, 2.05) is 4.90 Å². The van der Waals surface area contributed by atoms with Crippen molar-refractivity contribution >= 4 is 17.5 Å². The van der Waals surface area contributed by atoms with Crippen molar-refractivity contribution in [3.63, 3.8) is 0 Å². The maximum Gasteiger partial charge on any atom is 0.231 e. The number of para-hydroxylation sites is 1. The quantitative estimate of drug-likeness (QED) is 0.801. The summed E-state index contributed by atoms with van der Waals surface area (Å²) in [7, 11) is 0. The minimum atomic E-state index is 0.310. The van der Waals surface area contributed by atoms with Crippen LogP contribution in [0, 0.1) is 0 Å². The smallest absolute Gasteiger partial charge is 0.231 e. The van der Waals surface area contributed by atoms with Crippen molar-refractivity contribution in [1.82, 2.24) is 19.7 Å². The van der Waals surface area contributed by atoms with E-state index in [1.54, 1.807) is 0 Å². The molecule has 0 N–H and O–H groups in total. The first-order chi connectivity index (χ1) is 12.8. The van der Waals surface area contributed by atoms with Crippen molar-refractivity contribution in [3.05, 3.63) is 35.7 Å². The molecule has 1 fully saturated rings. The number of rotatable bonds is 6. The van der Waals surface area contributed by atoms with Gasteiger partial charge in [0.2, 0.25) is 11.9 Å². The maximum atomic E-state index is 12.0. The van der Waals surface area contributed by atoms with Crippen LogP contribution in [0.2, 0.25) is 0 Å². The molecule has 6 nitrogen and oxygen atoms in total. The Bertz CT molecular complexity index is 784. The van der Waals surface area contributed by atoms with E-state index in [9.17, 15) is 4.79 Å². The first-order valence-corrected chi connectivity index (χ1v) is 9.83. The zero-order chi connectivity index (χ0) is 17.9. The van der Waals surface area contributed by atoms with Crippen molar-refractivity contribution in [3.8, 4) is 0 Å². The van der Waals surface area contributed by atoms with Crippen molar-refractivity contribution in [2.45, 2.75) is 52.0 Å². The molecule has 1 aromatic heterocycles. The number of likely N-dealkylation sites (tertiary alicyclic amines) is 1. The number of anilines is 2. The molecule has 2 aliphatic rings. The van der Waals surface area contributed by atoms with Crippen molar-refractivity contribution in [1.29, 1.82) is 0 Å². The number of nitrogens with zero attached hydrogens (tertiary/aromatic N) is 5. The van der Waals surface area contributed by atoms with Crippen molar-refractivity contribution in [2.24, 2.45) is 0 Å². The second kappa shape index (κ2) is 7.48. The molecular weight excluding hydrogens is 326 g/mol. The molecule has 2 aromatic rings. The fraction of sp³-hybridized carbons (Fsp3) is 0.550. The number of amides is 1. The van der Waals surface area contributed by atoms with Crippen LogP contribution in [-0.2, 0) is 24.2 Å². The number of aryl methyl sites for hydroxylation is 1. The number of hydrogen-bond acceptors (Lipinski definition) is 4. The minimum absolute atomic E-state index is 0.310. The van der Waals surface area contributed by atoms with Gasteiger partial charge in [-0.3, -0.25) is 9.36 Å². The average molecular weight is 353 g/mol. The monoisotopic (exact) mass is 353 g/mol. The van der Waals surface area contributed by atoms with E-state index in [-0.39, 0.29) is 0 Å². The topological polar surface area (TPSA) is 54.3 Å². The van der Waals surface area contributed by atoms with Gasteiger partial charge in [0.15, 0.2) is 0 Å². The standard InChI is InChI=1S/C20H27N5O/c1-2-18-21-22-20(24-15-11-16-8-3-4-9-17(16)24)25(18)14-7-13-23-12-6-5-10-19(23)26/h3-4,8-9H,2,5-7,10-15H2,1H3. The normalized spacial score (nSPS) is 17.0. The molecule has 3 heterocycles. The van der Waals surface area contributed by atoms with E-state index in [1.165, 1.54) is 11.3 Å². The molecule has 0 aliphatic carbocycles. The Balaban J connectivity index is 1.49. The van der Waals surface area contributed by atoms with Crippen LogP contribution in [0.1, 0.15) is 44.0 Å². The Morgan fingerprint density at radius 1 is 1.04 bits per heavy atom. The summed E-state index contributed by atoms with van der Waals surface area (Å²) in [5, 5.41) is 8.93. The lowest BCUT2D eigenvalue weighted by molar-refractivity contribution is -0.133. The zero-order valence-corrected chi connectivity index (χ0v) is 15.5. The lowest BCUT2D eigenvalue weighted by Crippen LogP contribution is -2.36. The van der Waals surface area contributed by atoms with Crippen LogP contribution in [0.15, 0.2) is 24.3 Å². The molecule has 1 amide bonds. The number of carbonyl (C=O) groups excluding carboxylic acids is 1. The lowest BCUT2D eigenvalue weighted by Gasteiger charge is -2.27. The second-order valence-corrected chi connectivity index (χ2v) is 7.14. The predicted octanol–water partition coefficient (Wildman–Crippen LogP) is 2.94. The van der Waals surface area contributed by atoms with E-state index in [0.29, 0.717) is 12.3 Å². The zero-order valence-electron chi connectivity index (χ0n) is 15.5. The molecule has 0 atom stereocenters. The Hall–Kier alpha value is -2.37. The summed E-state index contributed by atoms with van der Waals surface area (Å²) >= 11 is 0. The maximum absolute atomic E-state index is 12.0. The van der Waals surface area contributed by atoms with E-state index in [4.69, 9.17) is 0 Å². The number of benzene rings is 1. The van der Waals surface area contributed by atoms with E-state index < -0.39 is 0 Å². The van der Waals surface area contributed by atoms with Gasteiger partial charge >= 0.3 is 0 Å². The van der Waals surface area contributed by atoms with E-state index in [2.05, 4.69) is 50.9 Å². The van der Waals surface area contributed by atoms with Crippen LogP contribution < -0.4 is 4.90 Å². The van der Waals surface area contributed by atoms with Crippen LogP contribution in [0.5, 0.6) is 0 Å². The summed E-state index contributed by atoms with van der Waals surface area (Å²) in [5.74, 6) is 2.27. The highest BCUT2D eigenvalue weighted by atomic mass is 16.2. The number of carbonyl (C=O) groups is 1. The van der Waals surface area contributed by atoms with Crippen LogP contribution in [0.4, 0.5) is 11.6 Å². The van der Waals surface area contributed by atoms with Crippen LogP contribution >= 0.6 is 0 Å². The molecule has 1 saturated heterocycles. The summed E-state index contributed by atoms with van der Waals surface area (Å²) in [6.07, 6.45) is 5.74.